The van der Waals surface area contributed by atoms with E-state index in [1.54, 1.807) is 11.1 Å². The van der Waals surface area contributed by atoms with E-state index >= 15 is 0 Å². The Hall–Kier alpha value is 0.220. The fraction of sp³-hybridized carbons (Fsp3) is 0.818. The van der Waals surface area contributed by atoms with E-state index in [0.717, 1.165) is 0 Å². The first kappa shape index (κ1) is 10.3. The van der Waals surface area contributed by atoms with Gasteiger partial charge in [0.1, 0.15) is 0 Å². The normalized spacial score (nSPS) is 29.2. The Labute approximate surface area is 84.6 Å². The van der Waals surface area contributed by atoms with E-state index in [-0.39, 0.29) is 0 Å². The van der Waals surface area contributed by atoms with Crippen molar-refractivity contribution in [2.45, 2.75) is 51.8 Å². The van der Waals surface area contributed by atoms with Gasteiger partial charge in [0.2, 0.25) is 0 Å². The van der Waals surface area contributed by atoms with Crippen molar-refractivity contribution < 1.29 is 0 Å². The van der Waals surface area contributed by atoms with Crippen LogP contribution in [0.4, 0.5) is 0 Å². The first-order chi connectivity index (χ1) is 5.50. The molecule has 1 aliphatic carbocycles. The lowest BCUT2D eigenvalue weighted by molar-refractivity contribution is 0.376. The van der Waals surface area contributed by atoms with Gasteiger partial charge in [-0.3, -0.25) is 0 Å². The second kappa shape index (κ2) is 3.53. The molecule has 0 N–H and O–H groups in total. The monoisotopic (exact) mass is 230 g/mol. The first-order valence-corrected chi connectivity index (χ1v) is 5.75. The quantitative estimate of drug-likeness (QED) is 0.466. The number of halogens is 1. The molecular weight excluding hydrogens is 212 g/mol. The van der Waals surface area contributed by atoms with Crippen LogP contribution in [-0.2, 0) is 0 Å². The third-order valence-electron chi connectivity index (χ3n) is 3.20. The number of rotatable bonds is 1. The number of allylic oxidation sites excluding steroid dienone is 2. The van der Waals surface area contributed by atoms with Gasteiger partial charge < -0.3 is 0 Å². The number of hydrogen-bond acceptors (Lipinski definition) is 0. The lowest BCUT2D eigenvalue weighted by atomic mass is 9.72. The molecule has 1 rings (SSSR count). The Kier molecular flexibility index (Phi) is 3.03. The topological polar surface area (TPSA) is 0 Å². The van der Waals surface area contributed by atoms with Gasteiger partial charge >= 0.3 is 0 Å². The Morgan fingerprint density at radius 2 is 2.08 bits per heavy atom. The second-order valence-corrected chi connectivity index (χ2v) is 5.45. The Morgan fingerprint density at radius 3 is 2.50 bits per heavy atom. The molecule has 0 saturated heterocycles. The number of alkyl halides is 1. The van der Waals surface area contributed by atoms with Crippen LogP contribution in [0.5, 0.6) is 0 Å². The molecule has 0 amide bonds. The summed E-state index contributed by atoms with van der Waals surface area (Å²) in [4.78, 5) is 0.670. The average Bonchev–Trinajstić information content (AvgIpc) is 1.98. The maximum atomic E-state index is 3.78. The number of hydrogen-bond donors (Lipinski definition) is 0. The fourth-order valence-electron chi connectivity index (χ4n) is 2.35. The maximum Gasteiger partial charge on any atom is 0.0237 e. The molecule has 0 fully saturated rings. The molecule has 1 heteroatoms. The van der Waals surface area contributed by atoms with Gasteiger partial charge in [0.05, 0.1) is 0 Å². The van der Waals surface area contributed by atoms with Crippen LogP contribution in [-0.4, -0.2) is 4.83 Å². The fourth-order valence-corrected chi connectivity index (χ4v) is 2.86. The van der Waals surface area contributed by atoms with Crippen LogP contribution in [0.3, 0.4) is 0 Å². The molecule has 0 bridgehead atoms. The van der Waals surface area contributed by atoms with Crippen molar-refractivity contribution in [3.8, 4) is 0 Å². The summed E-state index contributed by atoms with van der Waals surface area (Å²) < 4.78 is 0. The molecule has 0 radical (unpaired) electrons. The minimum Gasteiger partial charge on any atom is -0.0881 e. The molecular formula is C11H19Br. The highest BCUT2D eigenvalue weighted by molar-refractivity contribution is 9.09. The van der Waals surface area contributed by atoms with Crippen LogP contribution in [0.2, 0.25) is 0 Å². The summed E-state index contributed by atoms with van der Waals surface area (Å²) in [5, 5.41) is 0. The summed E-state index contributed by atoms with van der Waals surface area (Å²) in [6.45, 7) is 9.27. The minimum absolute atomic E-state index is 0.372. The van der Waals surface area contributed by atoms with Crippen molar-refractivity contribution in [3.05, 3.63) is 11.1 Å². The van der Waals surface area contributed by atoms with Crippen LogP contribution in [0.15, 0.2) is 11.1 Å². The molecule has 70 valence electrons. The van der Waals surface area contributed by atoms with Gasteiger partial charge in [-0.05, 0) is 31.6 Å². The van der Waals surface area contributed by atoms with E-state index in [1.165, 1.54) is 19.3 Å². The lowest BCUT2D eigenvalue weighted by Crippen LogP contribution is -2.30. The zero-order valence-corrected chi connectivity index (χ0v) is 10.2. The molecule has 0 aromatic heterocycles. The summed E-state index contributed by atoms with van der Waals surface area (Å²) in [5.74, 6) is 0. The van der Waals surface area contributed by atoms with Gasteiger partial charge in [-0.25, -0.2) is 0 Å². The molecule has 12 heavy (non-hydrogen) atoms. The largest absolute Gasteiger partial charge is 0.0881 e. The van der Waals surface area contributed by atoms with Crippen LogP contribution < -0.4 is 0 Å². The molecule has 0 aromatic carbocycles. The highest BCUT2D eigenvalue weighted by Crippen LogP contribution is 2.45. The van der Waals surface area contributed by atoms with Crippen LogP contribution in [0, 0.1) is 5.41 Å². The highest BCUT2D eigenvalue weighted by Gasteiger charge is 2.34. The van der Waals surface area contributed by atoms with Gasteiger partial charge in [0.15, 0.2) is 0 Å². The Bertz CT molecular complexity index is 201. The van der Waals surface area contributed by atoms with Crippen molar-refractivity contribution in [2.75, 3.05) is 0 Å². The van der Waals surface area contributed by atoms with Crippen molar-refractivity contribution in [2.24, 2.45) is 5.41 Å². The average molecular weight is 231 g/mol. The van der Waals surface area contributed by atoms with Crippen LogP contribution in [0.1, 0.15) is 47.0 Å². The van der Waals surface area contributed by atoms with E-state index in [4.69, 9.17) is 0 Å². The van der Waals surface area contributed by atoms with Gasteiger partial charge in [-0.1, -0.05) is 47.8 Å². The van der Waals surface area contributed by atoms with Crippen LogP contribution in [0.25, 0.3) is 0 Å². The van der Waals surface area contributed by atoms with Crippen molar-refractivity contribution in [3.63, 3.8) is 0 Å². The third-order valence-corrected chi connectivity index (χ3v) is 4.80. The van der Waals surface area contributed by atoms with Crippen molar-refractivity contribution in [1.82, 2.24) is 0 Å². The maximum absolute atomic E-state index is 3.78. The van der Waals surface area contributed by atoms with Gasteiger partial charge in [0.25, 0.3) is 0 Å². The summed E-state index contributed by atoms with van der Waals surface area (Å²) in [6.07, 6.45) is 3.78. The van der Waals surface area contributed by atoms with Crippen LogP contribution >= 0.6 is 15.9 Å². The highest BCUT2D eigenvalue weighted by atomic mass is 79.9. The van der Waals surface area contributed by atoms with Gasteiger partial charge in [-0.15, -0.1) is 0 Å². The van der Waals surface area contributed by atoms with Gasteiger partial charge in [0, 0.05) is 4.83 Å². The molecule has 0 saturated carbocycles. The molecule has 0 spiro atoms. The van der Waals surface area contributed by atoms with E-state index in [1.807, 2.05) is 0 Å². The molecule has 0 aliphatic heterocycles. The first-order valence-electron chi connectivity index (χ1n) is 4.83. The van der Waals surface area contributed by atoms with E-state index in [2.05, 4.69) is 43.6 Å². The molecule has 0 unspecified atom stereocenters. The molecule has 0 heterocycles. The minimum atomic E-state index is 0.372. The molecule has 1 atom stereocenters. The lowest BCUT2D eigenvalue weighted by Gasteiger charge is -2.38. The summed E-state index contributed by atoms with van der Waals surface area (Å²) in [5.41, 5.74) is 3.66. The Balaban J connectivity index is 3.00. The standard InChI is InChI=1S/C11H19Br/c1-5-9-8(2)6-7-10(12)11(9,3)4/h10H,5-7H2,1-4H3/t10-/m0/s1. The molecule has 0 nitrogen and oxygen atoms in total. The molecule has 0 aromatic rings. The second-order valence-electron chi connectivity index (χ2n) is 4.34. The summed E-state index contributed by atoms with van der Waals surface area (Å²) in [6, 6.07) is 0. The predicted molar refractivity (Wildman–Crippen MR) is 58.7 cm³/mol. The molecule has 1 aliphatic rings. The Morgan fingerprint density at radius 1 is 1.50 bits per heavy atom. The SMILES string of the molecule is CCC1=C(C)CC[C@H](Br)C1(C)C. The van der Waals surface area contributed by atoms with E-state index < -0.39 is 0 Å². The predicted octanol–water partition coefficient (Wildman–Crippen LogP) is 4.30. The van der Waals surface area contributed by atoms with Crippen molar-refractivity contribution in [1.29, 1.82) is 0 Å². The van der Waals surface area contributed by atoms with Gasteiger partial charge in [-0.2, -0.15) is 0 Å². The third kappa shape index (κ3) is 1.61. The zero-order chi connectivity index (χ0) is 9.35. The smallest absolute Gasteiger partial charge is 0.0237 e. The van der Waals surface area contributed by atoms with Crippen molar-refractivity contribution >= 4 is 15.9 Å². The van der Waals surface area contributed by atoms with E-state index in [9.17, 15) is 0 Å². The van der Waals surface area contributed by atoms with E-state index in [0.29, 0.717) is 10.2 Å². The summed E-state index contributed by atoms with van der Waals surface area (Å²) >= 11 is 3.78. The zero-order valence-electron chi connectivity index (χ0n) is 8.58. The summed E-state index contributed by atoms with van der Waals surface area (Å²) in [7, 11) is 0.